The fourth-order valence-electron chi connectivity index (χ4n) is 3.23. The van der Waals surface area contributed by atoms with E-state index in [1.807, 2.05) is 44.2 Å². The fraction of sp³-hybridized carbons (Fsp3) is 0.160. The molecule has 1 heterocycles. The van der Waals surface area contributed by atoms with E-state index in [0.717, 1.165) is 5.56 Å². The molecule has 7 nitrogen and oxygen atoms in total. The molecule has 1 aromatic heterocycles. The van der Waals surface area contributed by atoms with E-state index in [1.165, 1.54) is 18.2 Å². The van der Waals surface area contributed by atoms with Gasteiger partial charge in [-0.3, -0.25) is 4.79 Å². The first kappa shape index (κ1) is 22.0. The molecular formula is C25H23FN4O3. The summed E-state index contributed by atoms with van der Waals surface area (Å²) >= 11 is 0. The zero-order valence-electron chi connectivity index (χ0n) is 18.4. The third kappa shape index (κ3) is 5.17. The van der Waals surface area contributed by atoms with Gasteiger partial charge in [-0.2, -0.15) is 4.98 Å². The molecule has 4 rings (SSSR count). The first-order valence-electron chi connectivity index (χ1n) is 10.4. The lowest BCUT2D eigenvalue weighted by Crippen LogP contribution is -2.12. The van der Waals surface area contributed by atoms with Crippen molar-refractivity contribution in [3.05, 3.63) is 84.2 Å². The lowest BCUT2D eigenvalue weighted by atomic mass is 10.2. The van der Waals surface area contributed by atoms with Gasteiger partial charge in [-0.05, 0) is 62.4 Å². The van der Waals surface area contributed by atoms with Gasteiger partial charge in [-0.15, -0.1) is 5.10 Å². The number of hydrogen-bond donors (Lipinski definition) is 1. The van der Waals surface area contributed by atoms with Crippen molar-refractivity contribution in [1.29, 1.82) is 0 Å². The number of carbonyl (C=O) groups is 1. The van der Waals surface area contributed by atoms with Crippen LogP contribution in [0.4, 0.5) is 10.1 Å². The monoisotopic (exact) mass is 446 g/mol. The van der Waals surface area contributed by atoms with Gasteiger partial charge < -0.3 is 14.8 Å². The molecule has 0 aliphatic rings. The van der Waals surface area contributed by atoms with Crippen molar-refractivity contribution in [2.45, 2.75) is 20.0 Å². The Kier molecular flexibility index (Phi) is 6.35. The average Bonchev–Trinajstić information content (AvgIpc) is 3.22. The Bertz CT molecular complexity index is 1290. The van der Waals surface area contributed by atoms with E-state index in [1.54, 1.807) is 36.1 Å². The number of aromatic nitrogens is 3. The third-order valence-corrected chi connectivity index (χ3v) is 4.69. The molecule has 0 radical (unpaired) electrons. The highest BCUT2D eigenvalue weighted by molar-refractivity contribution is 6.04. The minimum absolute atomic E-state index is 0.101. The molecule has 0 bridgehead atoms. The molecule has 0 aliphatic heterocycles. The Morgan fingerprint density at radius 2 is 1.82 bits per heavy atom. The molecule has 0 saturated carbocycles. The lowest BCUT2D eigenvalue weighted by molar-refractivity contribution is 0.102. The van der Waals surface area contributed by atoms with Crippen molar-refractivity contribution in [3.63, 3.8) is 0 Å². The van der Waals surface area contributed by atoms with Crippen LogP contribution in [0.25, 0.3) is 17.1 Å². The van der Waals surface area contributed by atoms with Crippen molar-refractivity contribution in [3.8, 4) is 28.8 Å². The smallest absolute Gasteiger partial charge is 0.336 e. The van der Waals surface area contributed by atoms with Gasteiger partial charge in [0.25, 0.3) is 5.91 Å². The zero-order chi connectivity index (χ0) is 23.4. The summed E-state index contributed by atoms with van der Waals surface area (Å²) < 4.78 is 26.2. The molecule has 33 heavy (non-hydrogen) atoms. The number of nitrogens with one attached hydrogen (secondary N) is 1. The minimum atomic E-state index is -0.473. The van der Waals surface area contributed by atoms with Crippen molar-refractivity contribution >= 4 is 11.6 Å². The van der Waals surface area contributed by atoms with E-state index >= 15 is 0 Å². The Balaban J connectivity index is 1.70. The molecule has 168 valence electrons. The molecule has 0 fully saturated rings. The summed E-state index contributed by atoms with van der Waals surface area (Å²) in [5, 5.41) is 7.32. The summed E-state index contributed by atoms with van der Waals surface area (Å²) in [6.45, 7) is 3.79. The second kappa shape index (κ2) is 9.52. The van der Waals surface area contributed by atoms with Crippen LogP contribution in [0.3, 0.4) is 0 Å². The highest BCUT2D eigenvalue weighted by atomic mass is 19.1. The van der Waals surface area contributed by atoms with Crippen LogP contribution in [0.2, 0.25) is 0 Å². The van der Waals surface area contributed by atoms with Gasteiger partial charge in [0.2, 0.25) is 0 Å². The van der Waals surface area contributed by atoms with E-state index in [4.69, 9.17) is 9.47 Å². The molecule has 0 aliphatic carbocycles. The van der Waals surface area contributed by atoms with Gasteiger partial charge in [0, 0.05) is 16.8 Å². The minimum Gasteiger partial charge on any atom is -0.497 e. The lowest BCUT2D eigenvalue weighted by Gasteiger charge is -2.10. The van der Waals surface area contributed by atoms with Crippen LogP contribution in [-0.2, 0) is 0 Å². The van der Waals surface area contributed by atoms with Gasteiger partial charge >= 0.3 is 6.01 Å². The number of nitrogens with zero attached hydrogens (tertiary/aromatic N) is 3. The van der Waals surface area contributed by atoms with Gasteiger partial charge in [0.1, 0.15) is 11.6 Å². The quantitative estimate of drug-likeness (QED) is 0.426. The number of anilines is 1. The SMILES string of the molecule is COc1cccc(-c2nc(OC(C)C)nn2-c2cccc(NC(=O)c3cccc(F)c3)c2)c1. The second-order valence-corrected chi connectivity index (χ2v) is 7.54. The maximum atomic E-state index is 13.5. The largest absolute Gasteiger partial charge is 0.497 e. The number of benzene rings is 3. The molecule has 0 unspecified atom stereocenters. The first-order chi connectivity index (χ1) is 15.9. The second-order valence-electron chi connectivity index (χ2n) is 7.54. The summed E-state index contributed by atoms with van der Waals surface area (Å²) in [6.07, 6.45) is -0.101. The van der Waals surface area contributed by atoms with Crippen LogP contribution >= 0.6 is 0 Å². The average molecular weight is 446 g/mol. The number of halogens is 1. The van der Waals surface area contributed by atoms with E-state index < -0.39 is 11.7 Å². The van der Waals surface area contributed by atoms with Crippen LogP contribution in [-0.4, -0.2) is 33.9 Å². The normalized spacial score (nSPS) is 10.8. The third-order valence-electron chi connectivity index (χ3n) is 4.69. The number of rotatable bonds is 7. The van der Waals surface area contributed by atoms with E-state index in [0.29, 0.717) is 22.9 Å². The topological polar surface area (TPSA) is 78.3 Å². The number of carbonyl (C=O) groups excluding carboxylic acids is 1. The van der Waals surface area contributed by atoms with Crippen LogP contribution in [0.5, 0.6) is 11.8 Å². The molecule has 4 aromatic rings. The summed E-state index contributed by atoms with van der Waals surface area (Å²) in [6, 6.07) is 20.4. The highest BCUT2D eigenvalue weighted by Crippen LogP contribution is 2.28. The summed E-state index contributed by atoms with van der Waals surface area (Å²) in [5.41, 5.74) is 2.21. The van der Waals surface area contributed by atoms with Crippen LogP contribution < -0.4 is 14.8 Å². The van der Waals surface area contributed by atoms with E-state index in [9.17, 15) is 9.18 Å². The number of amides is 1. The molecular weight excluding hydrogens is 423 g/mol. The Morgan fingerprint density at radius 1 is 1.03 bits per heavy atom. The molecule has 3 aromatic carbocycles. The number of methoxy groups -OCH3 is 1. The summed E-state index contributed by atoms with van der Waals surface area (Å²) in [4.78, 5) is 17.1. The Labute approximate surface area is 190 Å². The van der Waals surface area contributed by atoms with Crippen LogP contribution in [0, 0.1) is 5.82 Å². The molecule has 0 spiro atoms. The molecule has 0 atom stereocenters. The van der Waals surface area contributed by atoms with Gasteiger partial charge in [-0.1, -0.05) is 24.3 Å². The summed E-state index contributed by atoms with van der Waals surface area (Å²) in [5.74, 6) is 0.351. The van der Waals surface area contributed by atoms with Gasteiger partial charge in [0.15, 0.2) is 5.82 Å². The Hall–Kier alpha value is -4.20. The van der Waals surface area contributed by atoms with Crippen molar-refractivity contribution in [2.75, 3.05) is 12.4 Å². The van der Waals surface area contributed by atoms with Crippen LogP contribution in [0.1, 0.15) is 24.2 Å². The highest BCUT2D eigenvalue weighted by Gasteiger charge is 2.17. The van der Waals surface area contributed by atoms with Gasteiger partial charge in [0.05, 0.1) is 18.9 Å². The van der Waals surface area contributed by atoms with Crippen molar-refractivity contribution < 1.29 is 18.7 Å². The molecule has 1 amide bonds. The van der Waals surface area contributed by atoms with Gasteiger partial charge in [-0.25, -0.2) is 9.07 Å². The molecule has 0 saturated heterocycles. The number of hydrogen-bond acceptors (Lipinski definition) is 5. The Morgan fingerprint density at radius 3 is 2.58 bits per heavy atom. The summed E-state index contributed by atoms with van der Waals surface area (Å²) in [7, 11) is 1.60. The standard InChI is InChI=1S/C25H23FN4O3/c1-16(2)33-25-28-23(17-7-5-12-22(14-17)32-3)30(29-25)21-11-6-10-20(15-21)27-24(31)18-8-4-9-19(26)13-18/h4-16H,1-3H3,(H,27,31). The number of ether oxygens (including phenoxy) is 2. The first-order valence-corrected chi connectivity index (χ1v) is 10.4. The zero-order valence-corrected chi connectivity index (χ0v) is 18.4. The fourth-order valence-corrected chi connectivity index (χ4v) is 3.23. The molecule has 8 heteroatoms. The molecule has 1 N–H and O–H groups in total. The van der Waals surface area contributed by atoms with Crippen LogP contribution in [0.15, 0.2) is 72.8 Å². The maximum Gasteiger partial charge on any atom is 0.336 e. The maximum absolute atomic E-state index is 13.5. The van der Waals surface area contributed by atoms with E-state index in [-0.39, 0.29) is 17.7 Å². The predicted octanol–water partition coefficient (Wildman–Crippen LogP) is 5.12. The van der Waals surface area contributed by atoms with E-state index in [2.05, 4.69) is 15.4 Å². The van der Waals surface area contributed by atoms with Crippen molar-refractivity contribution in [2.24, 2.45) is 0 Å². The van der Waals surface area contributed by atoms with Crippen molar-refractivity contribution in [1.82, 2.24) is 14.8 Å². The predicted molar refractivity (Wildman–Crippen MR) is 123 cm³/mol.